The maximum atomic E-state index is 13.8. The fourth-order valence-electron chi connectivity index (χ4n) is 9.38. The van der Waals surface area contributed by atoms with E-state index in [2.05, 4.69) is 52.3 Å². The molecule has 2 aromatic rings. The highest BCUT2D eigenvalue weighted by molar-refractivity contribution is 5.95. The average molecular weight is 1360 g/mol. The Morgan fingerprint density at radius 3 is 1.26 bits per heavy atom. The monoisotopic (exact) mass is 1350 g/mol. The van der Waals surface area contributed by atoms with Gasteiger partial charge in [-0.3, -0.25) is 43.2 Å². The Balaban J connectivity index is 1.77. The third-order valence-electron chi connectivity index (χ3n) is 14.4. The molecule has 0 aromatic heterocycles. The van der Waals surface area contributed by atoms with Crippen molar-refractivity contribution in [3.8, 4) is 0 Å². The van der Waals surface area contributed by atoms with Gasteiger partial charge >= 0.3 is 24.4 Å². The Morgan fingerprint density at radius 1 is 0.417 bits per heavy atom. The molecule has 2 aromatic carbocycles. The lowest BCUT2D eigenvalue weighted by Crippen LogP contribution is -2.46. The van der Waals surface area contributed by atoms with E-state index >= 15 is 0 Å². The molecule has 0 spiro atoms. The third-order valence-corrected chi connectivity index (χ3v) is 14.4. The minimum Gasteiger partial charge on any atom is -0.446 e. The van der Waals surface area contributed by atoms with Gasteiger partial charge in [-0.25, -0.2) is 29.0 Å². The molecule has 2 rings (SSSR count). The number of ketones is 5. The van der Waals surface area contributed by atoms with Gasteiger partial charge in [0, 0.05) is 97.4 Å². The summed E-state index contributed by atoms with van der Waals surface area (Å²) >= 11 is 0. The van der Waals surface area contributed by atoms with Gasteiger partial charge in [-0.1, -0.05) is 88.4 Å². The van der Waals surface area contributed by atoms with E-state index in [1.165, 1.54) is 6.92 Å². The van der Waals surface area contributed by atoms with Crippen molar-refractivity contribution < 1.29 is 101 Å². The van der Waals surface area contributed by atoms with E-state index in [4.69, 9.17) is 28.4 Å². The molecule has 8 amide bonds. The van der Waals surface area contributed by atoms with Crippen molar-refractivity contribution in [3.63, 3.8) is 0 Å². The number of nitrogens with one attached hydrogen (secondary N) is 8. The van der Waals surface area contributed by atoms with Gasteiger partial charge in [0.05, 0.1) is 57.6 Å². The number of amides is 8. The number of unbranched alkanes of at least 4 members (excludes halogenated alkanes) is 1. The molecule has 5 unspecified atom stereocenters. The van der Waals surface area contributed by atoms with Gasteiger partial charge in [0.2, 0.25) is 23.6 Å². The molecule has 0 bridgehead atoms. The van der Waals surface area contributed by atoms with Gasteiger partial charge in [0.1, 0.15) is 13.2 Å². The summed E-state index contributed by atoms with van der Waals surface area (Å²) < 4.78 is 30.7. The Morgan fingerprint density at radius 2 is 0.833 bits per heavy atom. The molecule has 8 N–H and O–H groups in total. The zero-order chi connectivity index (χ0) is 70.9. The molecule has 96 heavy (non-hydrogen) atoms. The van der Waals surface area contributed by atoms with Crippen LogP contribution in [0.25, 0.3) is 0 Å². The van der Waals surface area contributed by atoms with Gasteiger partial charge < -0.3 is 71.0 Å². The van der Waals surface area contributed by atoms with Crippen LogP contribution in [0.2, 0.25) is 0 Å². The summed E-state index contributed by atoms with van der Waals surface area (Å²) in [6.07, 6.45) is -2.77. The molecule has 29 nitrogen and oxygen atoms in total. The van der Waals surface area contributed by atoms with Crippen LogP contribution in [0.4, 0.5) is 19.2 Å². The molecule has 0 fully saturated rings. The smallest absolute Gasteiger partial charge is 0.446 e. The Hall–Kier alpha value is -8.41. The summed E-state index contributed by atoms with van der Waals surface area (Å²) in [7, 11) is 3.14. The Labute approximate surface area is 562 Å². The zero-order valence-electron chi connectivity index (χ0n) is 56.7. The minimum atomic E-state index is -1.29. The quantitative estimate of drug-likeness (QED) is 0.0253. The van der Waals surface area contributed by atoms with Gasteiger partial charge in [0.25, 0.3) is 0 Å². The van der Waals surface area contributed by atoms with Crippen LogP contribution in [0.15, 0.2) is 60.7 Å². The van der Waals surface area contributed by atoms with E-state index < -0.39 is 110 Å². The number of carbonyl (C=O) groups excluding carboxylic acids is 13. The molecule has 0 aliphatic heterocycles. The SMILES string of the molecule is COCCOCCCNC(=O)CCC(=O)C(CC(C)C)NC(=O)C(CC(=O)CNC(=O)OCCOC(=O)NC(CCCCNC(=O)OOC(=O)NCC(=O)CC(Cc1ccccc1)C(=O)NC(CC(C)C)C(=O)CCC(=O)NCCCOCCOC)C(C)=O)Cc1ccccc1. The molecule has 0 saturated heterocycles. The summed E-state index contributed by atoms with van der Waals surface area (Å²) in [5.41, 5.74) is 1.50. The number of rotatable bonds is 52. The van der Waals surface area contributed by atoms with E-state index in [0.717, 1.165) is 11.1 Å². The highest BCUT2D eigenvalue weighted by Crippen LogP contribution is 2.19. The predicted molar refractivity (Wildman–Crippen MR) is 350 cm³/mol. The fourth-order valence-corrected chi connectivity index (χ4v) is 9.38. The van der Waals surface area contributed by atoms with Crippen molar-refractivity contribution in [1.29, 1.82) is 0 Å². The van der Waals surface area contributed by atoms with Crippen LogP contribution in [-0.4, -0.2) is 195 Å². The van der Waals surface area contributed by atoms with Crippen molar-refractivity contribution >= 4 is 76.9 Å². The molecular weight excluding hydrogens is 1250 g/mol. The topological polar surface area (TPSA) is 392 Å². The van der Waals surface area contributed by atoms with Crippen LogP contribution >= 0.6 is 0 Å². The normalized spacial score (nSPS) is 12.5. The maximum absolute atomic E-state index is 13.8. The molecule has 0 aliphatic rings. The van der Waals surface area contributed by atoms with Gasteiger partial charge in [-0.05, 0) is 87.7 Å². The van der Waals surface area contributed by atoms with Gasteiger partial charge in [-0.2, -0.15) is 0 Å². The van der Waals surface area contributed by atoms with Gasteiger partial charge in [-0.15, -0.1) is 0 Å². The Kier molecular flexibility index (Phi) is 44.4. The summed E-state index contributed by atoms with van der Waals surface area (Å²) in [5, 5.41) is 20.4. The number of carbonyl (C=O) groups is 13. The summed E-state index contributed by atoms with van der Waals surface area (Å²) in [4.78, 5) is 177. The number of alkyl carbamates (subject to hydrolysis) is 2. The average Bonchev–Trinajstić information content (AvgIpc) is 1.26. The molecular formula is C67H102N8O21. The van der Waals surface area contributed by atoms with E-state index in [-0.39, 0.29) is 112 Å². The van der Waals surface area contributed by atoms with Crippen LogP contribution in [0.3, 0.4) is 0 Å². The van der Waals surface area contributed by atoms with Crippen molar-refractivity contribution in [3.05, 3.63) is 71.8 Å². The number of benzene rings is 2. The number of hydrogen-bond acceptors (Lipinski definition) is 21. The summed E-state index contributed by atoms with van der Waals surface area (Å²) in [6, 6.07) is 15.0. The molecule has 0 heterocycles. The molecule has 0 saturated carbocycles. The van der Waals surface area contributed by atoms with Crippen molar-refractivity contribution in [2.45, 2.75) is 149 Å². The first-order valence-corrected chi connectivity index (χ1v) is 32.7. The van der Waals surface area contributed by atoms with E-state index in [9.17, 15) is 62.3 Å². The van der Waals surface area contributed by atoms with Crippen molar-refractivity contribution in [2.24, 2.45) is 23.7 Å². The molecule has 536 valence electrons. The summed E-state index contributed by atoms with van der Waals surface area (Å²) in [5.74, 6) is -5.79. The Bertz CT molecular complexity index is 2700. The zero-order valence-corrected chi connectivity index (χ0v) is 56.7. The van der Waals surface area contributed by atoms with Crippen LogP contribution < -0.4 is 42.5 Å². The van der Waals surface area contributed by atoms with Crippen molar-refractivity contribution in [1.82, 2.24) is 42.5 Å². The number of methoxy groups -OCH3 is 2. The second kappa shape index (κ2) is 50.9. The molecule has 5 atom stereocenters. The first-order chi connectivity index (χ1) is 46.0. The van der Waals surface area contributed by atoms with Crippen molar-refractivity contribution in [2.75, 3.05) is 99.8 Å². The first-order valence-electron chi connectivity index (χ1n) is 32.7. The minimum absolute atomic E-state index is 0.00335. The van der Waals surface area contributed by atoms with Gasteiger partial charge in [0.15, 0.2) is 28.9 Å². The second-order valence-electron chi connectivity index (χ2n) is 23.6. The van der Waals surface area contributed by atoms with Crippen LogP contribution in [0.5, 0.6) is 0 Å². The lowest BCUT2D eigenvalue weighted by molar-refractivity contribution is -0.178. The molecule has 0 radical (unpaired) electrons. The lowest BCUT2D eigenvalue weighted by Gasteiger charge is -2.23. The lowest BCUT2D eigenvalue weighted by atomic mass is 9.91. The van der Waals surface area contributed by atoms with E-state index in [1.54, 1.807) is 74.9 Å². The number of hydrogen-bond donors (Lipinski definition) is 8. The van der Waals surface area contributed by atoms with Crippen LogP contribution in [-0.2, 0) is 94.2 Å². The maximum Gasteiger partial charge on any atom is 0.450 e. The van der Waals surface area contributed by atoms with E-state index in [0.29, 0.717) is 78.4 Å². The molecule has 29 heteroatoms. The molecule has 0 aliphatic carbocycles. The first kappa shape index (κ1) is 83.7. The van der Waals surface area contributed by atoms with Crippen LogP contribution in [0, 0.1) is 23.7 Å². The number of ether oxygens (including phenoxy) is 6. The van der Waals surface area contributed by atoms with E-state index in [1.807, 2.05) is 27.7 Å². The highest BCUT2D eigenvalue weighted by Gasteiger charge is 2.31. The van der Waals surface area contributed by atoms with Crippen LogP contribution in [0.1, 0.15) is 129 Å². The summed E-state index contributed by atoms with van der Waals surface area (Å²) in [6.45, 7) is 10.2. The number of Topliss-reactive ketones (excluding diaryl/α,β-unsaturated/α-hetero) is 5. The predicted octanol–water partition coefficient (Wildman–Crippen LogP) is 4.67. The fraction of sp³-hybridized carbons (Fsp3) is 0.627. The largest absolute Gasteiger partial charge is 0.450 e. The third kappa shape index (κ3) is 41.4. The second-order valence-corrected chi connectivity index (χ2v) is 23.6. The highest BCUT2D eigenvalue weighted by atomic mass is 17.2. The standard InChI is InChI=1S/C67H102N8O21/c1-46(2)38-56(58(79)23-25-60(81)68-28-16-30-91-34-32-89-6)73-62(83)51(40-49-18-10-8-11-19-49)42-53(77)44-71-64(85)93-36-37-94-67(88)75-55(48(5)76)22-14-15-27-70-65(86)95-96-66(87)72-45-54(78)43-52(41-50-20-12-9-13-21-50)63(84)74-57(39-47(3)4)59(80)24-26-61(82)69-29-17-31-92-35-33-90-7/h8-13,18-21,46-47,51-52,55-57H,14-17,22-45H2,1-7H3,(H,68,81)(H,69,82)(H,70,86)(H,71,85)(H,72,87)(H,73,83)(H,74,84)(H,75,88).